The summed E-state index contributed by atoms with van der Waals surface area (Å²) in [5.41, 5.74) is -0.739. The maximum absolute atomic E-state index is 10.3. The molecule has 1 aromatic rings. The highest BCUT2D eigenvalue weighted by atomic mass is 32.2. The fourth-order valence-electron chi connectivity index (χ4n) is 2.11. The molecule has 20 heavy (non-hydrogen) atoms. The number of aromatic nitrogens is 2. The molecule has 1 atom stereocenters. The lowest BCUT2D eigenvalue weighted by atomic mass is 9.94. The molecule has 0 saturated heterocycles. The number of nitrogens with zero attached hydrogens (tertiary/aromatic N) is 2. The van der Waals surface area contributed by atoms with E-state index in [1.54, 1.807) is 0 Å². The summed E-state index contributed by atoms with van der Waals surface area (Å²) in [5, 5.41) is 17.4. The van der Waals surface area contributed by atoms with Gasteiger partial charge in [0, 0.05) is 19.2 Å². The summed E-state index contributed by atoms with van der Waals surface area (Å²) >= 11 is 1.50. The molecule has 0 aliphatic heterocycles. The zero-order chi connectivity index (χ0) is 15.2. The number of anilines is 2. The van der Waals surface area contributed by atoms with Gasteiger partial charge in [0.2, 0.25) is 0 Å². The standard InChI is InChI=1S/C14H26N4OS/c1-6-15-11-7-12(18-13(17-11)20-5)16-9-14(4,19)8-10(2)3/h7,10,19H,6,8-9H2,1-5H3,(H2,15,16,17,18). The van der Waals surface area contributed by atoms with Gasteiger partial charge in [0.25, 0.3) is 0 Å². The van der Waals surface area contributed by atoms with E-state index in [0.717, 1.165) is 29.8 Å². The fraction of sp³-hybridized carbons (Fsp3) is 0.714. The van der Waals surface area contributed by atoms with Gasteiger partial charge in [-0.1, -0.05) is 25.6 Å². The summed E-state index contributed by atoms with van der Waals surface area (Å²) < 4.78 is 0. The topological polar surface area (TPSA) is 70.1 Å². The van der Waals surface area contributed by atoms with E-state index in [4.69, 9.17) is 0 Å². The van der Waals surface area contributed by atoms with Gasteiger partial charge in [-0.05, 0) is 32.4 Å². The molecule has 0 saturated carbocycles. The van der Waals surface area contributed by atoms with Crippen LogP contribution in [0.3, 0.4) is 0 Å². The summed E-state index contributed by atoms with van der Waals surface area (Å²) in [6, 6.07) is 1.87. The highest BCUT2D eigenvalue weighted by Gasteiger charge is 2.21. The quantitative estimate of drug-likeness (QED) is 0.506. The zero-order valence-electron chi connectivity index (χ0n) is 13.0. The lowest BCUT2D eigenvalue weighted by molar-refractivity contribution is 0.0514. The van der Waals surface area contributed by atoms with E-state index in [0.29, 0.717) is 12.5 Å². The average Bonchev–Trinajstić information content (AvgIpc) is 2.35. The minimum absolute atomic E-state index is 0.455. The predicted molar refractivity (Wildman–Crippen MR) is 86.5 cm³/mol. The molecule has 1 unspecified atom stereocenters. The fourth-order valence-corrected chi connectivity index (χ4v) is 2.49. The van der Waals surface area contributed by atoms with Crippen molar-refractivity contribution in [2.75, 3.05) is 30.0 Å². The van der Waals surface area contributed by atoms with E-state index < -0.39 is 5.60 Å². The predicted octanol–water partition coefficient (Wildman–Crippen LogP) is 2.84. The van der Waals surface area contributed by atoms with Crippen molar-refractivity contribution in [2.24, 2.45) is 5.92 Å². The Bertz CT molecular complexity index is 424. The van der Waals surface area contributed by atoms with Gasteiger partial charge in [-0.25, -0.2) is 9.97 Å². The Morgan fingerprint density at radius 1 is 1.30 bits per heavy atom. The first-order chi connectivity index (χ1) is 9.36. The number of nitrogens with one attached hydrogen (secondary N) is 2. The van der Waals surface area contributed by atoms with Gasteiger partial charge in [0.1, 0.15) is 11.6 Å². The molecular formula is C14H26N4OS. The van der Waals surface area contributed by atoms with Crippen LogP contribution >= 0.6 is 11.8 Å². The van der Waals surface area contributed by atoms with E-state index in [1.807, 2.05) is 26.2 Å². The molecule has 0 aliphatic rings. The van der Waals surface area contributed by atoms with Crippen molar-refractivity contribution in [3.05, 3.63) is 6.07 Å². The second-order valence-electron chi connectivity index (χ2n) is 5.60. The molecular weight excluding hydrogens is 272 g/mol. The molecule has 3 N–H and O–H groups in total. The highest BCUT2D eigenvalue weighted by molar-refractivity contribution is 7.98. The third-order valence-corrected chi connectivity index (χ3v) is 3.29. The third-order valence-electron chi connectivity index (χ3n) is 2.74. The van der Waals surface area contributed by atoms with Gasteiger partial charge in [-0.2, -0.15) is 0 Å². The van der Waals surface area contributed by atoms with E-state index >= 15 is 0 Å². The summed E-state index contributed by atoms with van der Waals surface area (Å²) in [6.45, 7) is 9.38. The lowest BCUT2D eigenvalue weighted by Gasteiger charge is -2.26. The normalized spacial score (nSPS) is 14.2. The Kier molecular flexibility index (Phi) is 6.55. The molecule has 0 fully saturated rings. The van der Waals surface area contributed by atoms with Crippen LogP contribution in [0.5, 0.6) is 0 Å². The SMILES string of the molecule is CCNc1cc(NCC(C)(O)CC(C)C)nc(SC)n1. The van der Waals surface area contributed by atoms with Crippen LogP contribution in [0.15, 0.2) is 11.2 Å². The van der Waals surface area contributed by atoms with Crippen molar-refractivity contribution in [3.63, 3.8) is 0 Å². The van der Waals surface area contributed by atoms with Crippen LogP contribution in [0.1, 0.15) is 34.1 Å². The number of aliphatic hydroxyl groups is 1. The third kappa shape index (κ3) is 5.96. The minimum atomic E-state index is -0.739. The summed E-state index contributed by atoms with van der Waals surface area (Å²) in [7, 11) is 0. The molecule has 6 heteroatoms. The van der Waals surface area contributed by atoms with Gasteiger partial charge in [-0.15, -0.1) is 0 Å². The number of rotatable bonds is 8. The van der Waals surface area contributed by atoms with Crippen LogP contribution in [0.25, 0.3) is 0 Å². The van der Waals surface area contributed by atoms with Crippen LogP contribution in [-0.4, -0.2) is 40.0 Å². The largest absolute Gasteiger partial charge is 0.388 e. The van der Waals surface area contributed by atoms with Crippen molar-refractivity contribution in [1.82, 2.24) is 9.97 Å². The zero-order valence-corrected chi connectivity index (χ0v) is 13.8. The van der Waals surface area contributed by atoms with Crippen molar-refractivity contribution in [1.29, 1.82) is 0 Å². The molecule has 0 spiro atoms. The first kappa shape index (κ1) is 17.0. The molecule has 0 radical (unpaired) electrons. The van der Waals surface area contributed by atoms with E-state index in [9.17, 15) is 5.11 Å². The number of thioether (sulfide) groups is 1. The summed E-state index contributed by atoms with van der Waals surface area (Å²) in [5.74, 6) is 2.00. The number of hydrogen-bond acceptors (Lipinski definition) is 6. The van der Waals surface area contributed by atoms with Gasteiger partial charge < -0.3 is 15.7 Å². The molecule has 0 amide bonds. The summed E-state index contributed by atoms with van der Waals surface area (Å²) in [4.78, 5) is 8.78. The number of hydrogen-bond donors (Lipinski definition) is 3. The van der Waals surface area contributed by atoms with Gasteiger partial charge in [-0.3, -0.25) is 0 Å². The van der Waals surface area contributed by atoms with Crippen LogP contribution in [0, 0.1) is 5.92 Å². The van der Waals surface area contributed by atoms with Crippen LogP contribution in [0.4, 0.5) is 11.6 Å². The van der Waals surface area contributed by atoms with E-state index in [-0.39, 0.29) is 0 Å². The molecule has 1 heterocycles. The van der Waals surface area contributed by atoms with Crippen molar-refractivity contribution in [3.8, 4) is 0 Å². The summed E-state index contributed by atoms with van der Waals surface area (Å²) in [6.07, 6.45) is 2.70. The van der Waals surface area contributed by atoms with Crippen molar-refractivity contribution < 1.29 is 5.11 Å². The molecule has 0 aromatic carbocycles. The first-order valence-corrected chi connectivity index (χ1v) is 8.22. The Balaban J connectivity index is 2.73. The molecule has 5 nitrogen and oxygen atoms in total. The van der Waals surface area contributed by atoms with E-state index in [1.165, 1.54) is 11.8 Å². The monoisotopic (exact) mass is 298 g/mol. The Hall–Kier alpha value is -1.01. The first-order valence-electron chi connectivity index (χ1n) is 6.99. The average molecular weight is 298 g/mol. The molecule has 114 valence electrons. The van der Waals surface area contributed by atoms with E-state index in [2.05, 4.69) is 34.4 Å². The Labute approximate surface area is 126 Å². The molecule has 1 aromatic heterocycles. The van der Waals surface area contributed by atoms with Gasteiger partial charge in [0.15, 0.2) is 5.16 Å². The molecule has 0 aliphatic carbocycles. The smallest absolute Gasteiger partial charge is 0.191 e. The molecule has 0 bridgehead atoms. The second-order valence-corrected chi connectivity index (χ2v) is 6.38. The van der Waals surface area contributed by atoms with Gasteiger partial charge >= 0.3 is 0 Å². The lowest BCUT2D eigenvalue weighted by Crippen LogP contribution is -2.35. The maximum Gasteiger partial charge on any atom is 0.191 e. The second kappa shape index (κ2) is 7.69. The van der Waals surface area contributed by atoms with Crippen molar-refractivity contribution >= 4 is 23.4 Å². The molecule has 1 rings (SSSR count). The Morgan fingerprint density at radius 3 is 2.40 bits per heavy atom. The van der Waals surface area contributed by atoms with Crippen molar-refractivity contribution in [2.45, 2.75) is 44.9 Å². The van der Waals surface area contributed by atoms with Gasteiger partial charge in [0.05, 0.1) is 5.60 Å². The maximum atomic E-state index is 10.3. The minimum Gasteiger partial charge on any atom is -0.388 e. The highest BCUT2D eigenvalue weighted by Crippen LogP contribution is 2.20. The van der Waals surface area contributed by atoms with Crippen LogP contribution in [-0.2, 0) is 0 Å². The van der Waals surface area contributed by atoms with Crippen LogP contribution in [0.2, 0.25) is 0 Å². The van der Waals surface area contributed by atoms with Crippen LogP contribution < -0.4 is 10.6 Å². The Morgan fingerprint density at radius 2 is 1.90 bits per heavy atom.